The molecule has 5 heteroatoms. The molecular weight excluding hydrogens is 242 g/mol. The van der Waals surface area contributed by atoms with Crippen LogP contribution in [0.15, 0.2) is 0 Å². The van der Waals surface area contributed by atoms with Crippen LogP contribution in [0.2, 0.25) is 0 Å². The molecule has 2 fully saturated rings. The summed E-state index contributed by atoms with van der Waals surface area (Å²) in [7, 11) is 0. The lowest BCUT2D eigenvalue weighted by atomic mass is 9.84. The molecule has 0 radical (unpaired) electrons. The molecule has 1 atom stereocenters. The van der Waals surface area contributed by atoms with Crippen molar-refractivity contribution in [3.05, 3.63) is 0 Å². The zero-order chi connectivity index (χ0) is 13.8. The molecule has 1 aliphatic carbocycles. The predicted octanol–water partition coefficient (Wildman–Crippen LogP) is 0.631. The summed E-state index contributed by atoms with van der Waals surface area (Å²) in [4.78, 5) is 25.9. The van der Waals surface area contributed by atoms with E-state index in [4.69, 9.17) is 5.73 Å². The predicted molar refractivity (Wildman–Crippen MR) is 73.4 cm³/mol. The molecule has 2 amide bonds. The molecule has 1 heterocycles. The van der Waals surface area contributed by atoms with Crippen LogP contribution in [0.3, 0.4) is 0 Å². The van der Waals surface area contributed by atoms with Gasteiger partial charge >= 0.3 is 0 Å². The Balaban J connectivity index is 1.89. The first-order valence-electron chi connectivity index (χ1n) is 7.44. The summed E-state index contributed by atoms with van der Waals surface area (Å²) in [6, 6.07) is 0.0441. The summed E-state index contributed by atoms with van der Waals surface area (Å²) in [5, 5.41) is 2.83. The Kier molecular flexibility index (Phi) is 4.80. The van der Waals surface area contributed by atoms with Gasteiger partial charge in [-0.15, -0.1) is 0 Å². The van der Waals surface area contributed by atoms with Gasteiger partial charge in [-0.1, -0.05) is 6.92 Å². The molecule has 1 unspecified atom stereocenters. The third-order valence-electron chi connectivity index (χ3n) is 4.39. The third-order valence-corrected chi connectivity index (χ3v) is 4.39. The Morgan fingerprint density at radius 2 is 2.05 bits per heavy atom. The Bertz CT molecular complexity index is 338. The van der Waals surface area contributed by atoms with Crippen LogP contribution in [0.4, 0.5) is 0 Å². The van der Waals surface area contributed by atoms with Gasteiger partial charge in [0.2, 0.25) is 11.8 Å². The van der Waals surface area contributed by atoms with E-state index in [1.54, 1.807) is 4.90 Å². The maximum atomic E-state index is 12.4. The second-order valence-electron chi connectivity index (χ2n) is 5.79. The molecule has 0 bridgehead atoms. The number of nitrogens with two attached hydrogens (primary N) is 1. The van der Waals surface area contributed by atoms with Crippen molar-refractivity contribution < 1.29 is 9.59 Å². The number of hydrogen-bond donors (Lipinski definition) is 2. The van der Waals surface area contributed by atoms with Crippen LogP contribution in [0.1, 0.15) is 45.4 Å². The van der Waals surface area contributed by atoms with Crippen molar-refractivity contribution in [2.24, 2.45) is 11.7 Å². The van der Waals surface area contributed by atoms with E-state index in [0.29, 0.717) is 37.9 Å². The van der Waals surface area contributed by atoms with Gasteiger partial charge in [-0.05, 0) is 38.0 Å². The number of carbonyl (C=O) groups excluding carboxylic acids is 2. The van der Waals surface area contributed by atoms with Gasteiger partial charge in [-0.2, -0.15) is 0 Å². The molecule has 1 saturated carbocycles. The monoisotopic (exact) mass is 267 g/mol. The van der Waals surface area contributed by atoms with Crippen molar-refractivity contribution in [1.82, 2.24) is 10.2 Å². The van der Waals surface area contributed by atoms with Gasteiger partial charge in [0.05, 0.1) is 0 Å². The summed E-state index contributed by atoms with van der Waals surface area (Å²) < 4.78 is 0. The standard InChI is InChI=1S/C14H25N3O2/c1-2-12-14(19)16-7-8-17(12)13(18)9-10-3-5-11(15)6-4-10/h10-12H,2-9,15H2,1H3,(H,16,19). The minimum absolute atomic E-state index is 0.00670. The van der Waals surface area contributed by atoms with E-state index >= 15 is 0 Å². The molecule has 1 saturated heterocycles. The number of nitrogens with zero attached hydrogens (tertiary/aromatic N) is 1. The Hall–Kier alpha value is -1.10. The van der Waals surface area contributed by atoms with Crippen LogP contribution in [0.5, 0.6) is 0 Å². The minimum Gasteiger partial charge on any atom is -0.353 e. The molecule has 3 N–H and O–H groups in total. The van der Waals surface area contributed by atoms with Gasteiger partial charge < -0.3 is 16.0 Å². The average molecular weight is 267 g/mol. The van der Waals surface area contributed by atoms with Crippen molar-refractivity contribution in [2.45, 2.75) is 57.5 Å². The Labute approximate surface area is 114 Å². The van der Waals surface area contributed by atoms with Crippen molar-refractivity contribution in [2.75, 3.05) is 13.1 Å². The highest BCUT2D eigenvalue weighted by Crippen LogP contribution is 2.27. The molecular formula is C14H25N3O2. The van der Waals surface area contributed by atoms with Gasteiger partial charge in [-0.3, -0.25) is 9.59 Å². The van der Waals surface area contributed by atoms with Crippen LogP contribution in [0.25, 0.3) is 0 Å². The number of hydrogen-bond acceptors (Lipinski definition) is 3. The number of carbonyl (C=O) groups is 2. The zero-order valence-electron chi connectivity index (χ0n) is 11.7. The summed E-state index contributed by atoms with van der Waals surface area (Å²) in [6.07, 6.45) is 5.41. The van der Waals surface area contributed by atoms with E-state index in [0.717, 1.165) is 25.7 Å². The smallest absolute Gasteiger partial charge is 0.242 e. The zero-order valence-corrected chi connectivity index (χ0v) is 11.7. The average Bonchev–Trinajstić information content (AvgIpc) is 2.41. The Morgan fingerprint density at radius 3 is 2.68 bits per heavy atom. The lowest BCUT2D eigenvalue weighted by Crippen LogP contribution is -2.57. The summed E-state index contributed by atoms with van der Waals surface area (Å²) in [5.41, 5.74) is 5.88. The topological polar surface area (TPSA) is 75.4 Å². The fourth-order valence-corrected chi connectivity index (χ4v) is 3.18. The lowest BCUT2D eigenvalue weighted by Gasteiger charge is -2.36. The van der Waals surface area contributed by atoms with Crippen LogP contribution >= 0.6 is 0 Å². The Morgan fingerprint density at radius 1 is 1.37 bits per heavy atom. The van der Waals surface area contributed by atoms with Crippen LogP contribution < -0.4 is 11.1 Å². The molecule has 0 aromatic carbocycles. The molecule has 0 spiro atoms. The maximum Gasteiger partial charge on any atom is 0.242 e. The van der Waals surface area contributed by atoms with Crippen LogP contribution in [0, 0.1) is 5.92 Å². The first-order valence-corrected chi connectivity index (χ1v) is 7.44. The van der Waals surface area contributed by atoms with Crippen molar-refractivity contribution in [3.63, 3.8) is 0 Å². The fraction of sp³-hybridized carbons (Fsp3) is 0.857. The second-order valence-corrected chi connectivity index (χ2v) is 5.79. The van der Waals surface area contributed by atoms with Crippen molar-refractivity contribution in [3.8, 4) is 0 Å². The fourth-order valence-electron chi connectivity index (χ4n) is 3.18. The van der Waals surface area contributed by atoms with Crippen LogP contribution in [-0.2, 0) is 9.59 Å². The van der Waals surface area contributed by atoms with E-state index in [9.17, 15) is 9.59 Å². The first-order chi connectivity index (χ1) is 9.11. The maximum absolute atomic E-state index is 12.4. The summed E-state index contributed by atoms with van der Waals surface area (Å²) in [5.74, 6) is 0.588. The van der Waals surface area contributed by atoms with Crippen molar-refractivity contribution >= 4 is 11.8 Å². The molecule has 2 aliphatic rings. The van der Waals surface area contributed by atoms with E-state index in [2.05, 4.69) is 5.32 Å². The van der Waals surface area contributed by atoms with E-state index in [1.807, 2.05) is 6.92 Å². The largest absolute Gasteiger partial charge is 0.353 e. The van der Waals surface area contributed by atoms with E-state index in [1.165, 1.54) is 0 Å². The lowest BCUT2D eigenvalue weighted by molar-refractivity contribution is -0.144. The molecule has 5 nitrogen and oxygen atoms in total. The van der Waals surface area contributed by atoms with Crippen LogP contribution in [-0.4, -0.2) is 41.9 Å². The second kappa shape index (κ2) is 6.37. The number of amides is 2. The number of nitrogens with one attached hydrogen (secondary N) is 1. The van der Waals surface area contributed by atoms with Gasteiger partial charge in [-0.25, -0.2) is 0 Å². The third kappa shape index (κ3) is 3.47. The quantitative estimate of drug-likeness (QED) is 0.787. The SMILES string of the molecule is CCC1C(=O)NCCN1C(=O)CC1CCC(N)CC1. The highest BCUT2D eigenvalue weighted by atomic mass is 16.2. The minimum atomic E-state index is -0.271. The summed E-state index contributed by atoms with van der Waals surface area (Å²) >= 11 is 0. The molecule has 2 rings (SSSR count). The van der Waals surface area contributed by atoms with Gasteiger partial charge in [0.25, 0.3) is 0 Å². The molecule has 19 heavy (non-hydrogen) atoms. The van der Waals surface area contributed by atoms with Gasteiger partial charge in [0.1, 0.15) is 6.04 Å². The molecule has 0 aromatic heterocycles. The number of rotatable bonds is 3. The summed E-state index contributed by atoms with van der Waals surface area (Å²) in [6.45, 7) is 3.18. The molecule has 0 aromatic rings. The molecule has 1 aliphatic heterocycles. The van der Waals surface area contributed by atoms with Gasteiger partial charge in [0.15, 0.2) is 0 Å². The van der Waals surface area contributed by atoms with Crippen molar-refractivity contribution in [1.29, 1.82) is 0 Å². The van der Waals surface area contributed by atoms with E-state index < -0.39 is 0 Å². The first kappa shape index (κ1) is 14.3. The highest BCUT2D eigenvalue weighted by Gasteiger charge is 2.32. The highest BCUT2D eigenvalue weighted by molar-refractivity contribution is 5.88. The van der Waals surface area contributed by atoms with Gasteiger partial charge in [0, 0.05) is 25.6 Å². The van der Waals surface area contributed by atoms with E-state index in [-0.39, 0.29) is 17.9 Å². The normalized spacial score (nSPS) is 32.0. The number of piperazine rings is 1. The molecule has 108 valence electrons.